The van der Waals surface area contributed by atoms with Crippen LogP contribution in [-0.4, -0.2) is 9.55 Å². The molecule has 140 valence electrons. The van der Waals surface area contributed by atoms with Gasteiger partial charge in [0.05, 0.1) is 16.6 Å². The summed E-state index contributed by atoms with van der Waals surface area (Å²) in [4.78, 5) is 17.7. The third-order valence-corrected chi connectivity index (χ3v) is 5.44. The summed E-state index contributed by atoms with van der Waals surface area (Å²) in [6.07, 6.45) is 0. The Morgan fingerprint density at radius 2 is 1.71 bits per heavy atom. The molecule has 0 saturated heterocycles. The molecule has 0 aliphatic heterocycles. The van der Waals surface area contributed by atoms with Crippen molar-refractivity contribution in [1.82, 2.24) is 9.55 Å². The molecule has 7 heteroatoms. The Bertz CT molecular complexity index is 1230. The molecule has 0 amide bonds. The molecule has 1 aromatic heterocycles. The Morgan fingerprint density at radius 3 is 2.46 bits per heavy atom. The molecule has 0 radical (unpaired) electrons. The first-order chi connectivity index (χ1) is 13.5. The van der Waals surface area contributed by atoms with E-state index in [0.29, 0.717) is 38.1 Å². The lowest BCUT2D eigenvalue weighted by Gasteiger charge is -2.13. The molecular weight excluding hydrogens is 402 g/mol. The fourth-order valence-corrected chi connectivity index (χ4v) is 3.89. The molecule has 0 aliphatic carbocycles. The van der Waals surface area contributed by atoms with Crippen molar-refractivity contribution < 1.29 is 8.78 Å². The van der Waals surface area contributed by atoms with Crippen molar-refractivity contribution in [3.8, 4) is 5.69 Å². The molecule has 0 spiro atoms. The molecular formula is C21H13ClF2N2OS. The summed E-state index contributed by atoms with van der Waals surface area (Å²) in [5, 5.41) is 1.51. The van der Waals surface area contributed by atoms with E-state index in [9.17, 15) is 13.6 Å². The molecule has 0 saturated carbocycles. The highest BCUT2D eigenvalue weighted by atomic mass is 35.5. The number of halogens is 3. The van der Waals surface area contributed by atoms with Gasteiger partial charge in [-0.2, -0.15) is 0 Å². The molecule has 4 rings (SSSR count). The first-order valence-corrected chi connectivity index (χ1v) is 9.74. The number of nitrogens with zero attached hydrogens (tertiary/aromatic N) is 2. The highest BCUT2D eigenvalue weighted by molar-refractivity contribution is 7.98. The maximum Gasteiger partial charge on any atom is 0.266 e. The summed E-state index contributed by atoms with van der Waals surface area (Å²) >= 11 is 7.24. The molecule has 3 aromatic carbocycles. The third kappa shape index (κ3) is 3.66. The maximum absolute atomic E-state index is 13.5. The standard InChI is InChI=1S/C21H13ClF2N2OS/c22-14-6-8-15(9-7-14)26-20(27)16-3-1-2-4-19(16)25-21(26)28-12-13-5-10-17(23)18(24)11-13/h1-11H,12H2. The van der Waals surface area contributed by atoms with Gasteiger partial charge in [-0.25, -0.2) is 13.8 Å². The van der Waals surface area contributed by atoms with E-state index in [1.165, 1.54) is 22.4 Å². The first-order valence-electron chi connectivity index (χ1n) is 8.37. The van der Waals surface area contributed by atoms with Gasteiger partial charge in [0.2, 0.25) is 0 Å². The van der Waals surface area contributed by atoms with Crippen molar-refractivity contribution in [3.63, 3.8) is 0 Å². The molecule has 0 atom stereocenters. The molecule has 0 bridgehead atoms. The van der Waals surface area contributed by atoms with Crippen molar-refractivity contribution in [2.75, 3.05) is 0 Å². The number of hydrogen-bond acceptors (Lipinski definition) is 3. The number of benzene rings is 3. The van der Waals surface area contributed by atoms with Crippen LogP contribution < -0.4 is 5.56 Å². The lowest BCUT2D eigenvalue weighted by molar-refractivity contribution is 0.507. The SMILES string of the molecule is O=c1c2ccccc2nc(SCc2ccc(F)c(F)c2)n1-c1ccc(Cl)cc1. The zero-order valence-electron chi connectivity index (χ0n) is 14.4. The summed E-state index contributed by atoms with van der Waals surface area (Å²) in [6.45, 7) is 0. The Balaban J connectivity index is 1.81. The van der Waals surface area contributed by atoms with Crippen LogP contribution in [0.25, 0.3) is 16.6 Å². The zero-order chi connectivity index (χ0) is 19.7. The predicted molar refractivity (Wildman–Crippen MR) is 108 cm³/mol. The second-order valence-corrected chi connectivity index (χ2v) is 7.44. The van der Waals surface area contributed by atoms with Crippen molar-refractivity contribution in [2.45, 2.75) is 10.9 Å². The van der Waals surface area contributed by atoms with Crippen molar-refractivity contribution in [3.05, 3.63) is 99.3 Å². The Labute approximate surface area is 168 Å². The quantitative estimate of drug-likeness (QED) is 0.321. The van der Waals surface area contributed by atoms with E-state index in [1.54, 1.807) is 42.5 Å². The summed E-state index contributed by atoms with van der Waals surface area (Å²) < 4.78 is 28.2. The molecule has 0 N–H and O–H groups in total. The van der Waals surface area contributed by atoms with Gasteiger partial charge in [0, 0.05) is 10.8 Å². The van der Waals surface area contributed by atoms with Crippen LogP contribution in [0.1, 0.15) is 5.56 Å². The Kier molecular flexibility index (Phi) is 5.15. The van der Waals surface area contributed by atoms with Crippen LogP contribution in [0.3, 0.4) is 0 Å². The van der Waals surface area contributed by atoms with Gasteiger partial charge in [-0.15, -0.1) is 0 Å². The highest BCUT2D eigenvalue weighted by Gasteiger charge is 2.14. The minimum Gasteiger partial charge on any atom is -0.268 e. The molecule has 3 nitrogen and oxygen atoms in total. The number of hydrogen-bond donors (Lipinski definition) is 0. The zero-order valence-corrected chi connectivity index (χ0v) is 16.0. The van der Waals surface area contributed by atoms with E-state index >= 15 is 0 Å². The minimum atomic E-state index is -0.903. The lowest BCUT2D eigenvalue weighted by Crippen LogP contribution is -2.21. The topological polar surface area (TPSA) is 34.9 Å². The maximum atomic E-state index is 13.5. The molecule has 28 heavy (non-hydrogen) atoms. The Hall–Kier alpha value is -2.70. The predicted octanol–water partition coefficient (Wildman–Crippen LogP) is 5.61. The van der Waals surface area contributed by atoms with Crippen LogP contribution >= 0.6 is 23.4 Å². The molecule has 0 aliphatic rings. The summed E-state index contributed by atoms with van der Waals surface area (Å²) in [5.74, 6) is -1.47. The second kappa shape index (κ2) is 7.73. The number of rotatable bonds is 4. The van der Waals surface area contributed by atoms with Gasteiger partial charge in [-0.05, 0) is 54.1 Å². The van der Waals surface area contributed by atoms with Crippen LogP contribution in [-0.2, 0) is 5.75 Å². The largest absolute Gasteiger partial charge is 0.268 e. The second-order valence-electron chi connectivity index (χ2n) is 6.07. The lowest BCUT2D eigenvalue weighted by atomic mass is 10.2. The van der Waals surface area contributed by atoms with E-state index in [-0.39, 0.29) is 5.56 Å². The number of fused-ring (bicyclic) bond motifs is 1. The van der Waals surface area contributed by atoms with Crippen LogP contribution in [0.4, 0.5) is 8.78 Å². The van der Waals surface area contributed by atoms with Gasteiger partial charge < -0.3 is 0 Å². The van der Waals surface area contributed by atoms with Gasteiger partial charge in [0.25, 0.3) is 5.56 Å². The van der Waals surface area contributed by atoms with Crippen LogP contribution in [0.5, 0.6) is 0 Å². The van der Waals surface area contributed by atoms with Crippen molar-refractivity contribution in [2.24, 2.45) is 0 Å². The normalized spacial score (nSPS) is 11.1. The highest BCUT2D eigenvalue weighted by Crippen LogP contribution is 2.25. The summed E-state index contributed by atoms with van der Waals surface area (Å²) in [7, 11) is 0. The van der Waals surface area contributed by atoms with Crippen LogP contribution in [0, 0.1) is 11.6 Å². The van der Waals surface area contributed by atoms with E-state index in [2.05, 4.69) is 4.98 Å². The third-order valence-electron chi connectivity index (χ3n) is 4.18. The summed E-state index contributed by atoms with van der Waals surface area (Å²) in [5.41, 5.74) is 1.58. The number of para-hydroxylation sites is 1. The number of thioether (sulfide) groups is 1. The van der Waals surface area contributed by atoms with Gasteiger partial charge in [0.15, 0.2) is 16.8 Å². The first kappa shape index (κ1) is 18.7. The van der Waals surface area contributed by atoms with Gasteiger partial charge in [0.1, 0.15) is 0 Å². The van der Waals surface area contributed by atoms with E-state index in [1.807, 2.05) is 6.07 Å². The van der Waals surface area contributed by atoms with Gasteiger partial charge >= 0.3 is 0 Å². The number of aromatic nitrogens is 2. The average molecular weight is 415 g/mol. The summed E-state index contributed by atoms with van der Waals surface area (Å²) in [6, 6.07) is 17.7. The van der Waals surface area contributed by atoms with Crippen molar-refractivity contribution in [1.29, 1.82) is 0 Å². The monoisotopic (exact) mass is 414 g/mol. The molecule has 0 unspecified atom stereocenters. The fourth-order valence-electron chi connectivity index (χ4n) is 2.80. The van der Waals surface area contributed by atoms with Gasteiger partial charge in [-0.3, -0.25) is 9.36 Å². The minimum absolute atomic E-state index is 0.208. The fraction of sp³-hybridized carbons (Fsp3) is 0.0476. The van der Waals surface area contributed by atoms with E-state index in [0.717, 1.165) is 12.1 Å². The molecule has 4 aromatic rings. The molecule has 0 fully saturated rings. The van der Waals surface area contributed by atoms with Crippen LogP contribution in [0.15, 0.2) is 76.7 Å². The van der Waals surface area contributed by atoms with E-state index in [4.69, 9.17) is 11.6 Å². The van der Waals surface area contributed by atoms with E-state index < -0.39 is 11.6 Å². The van der Waals surface area contributed by atoms with Gasteiger partial charge in [-0.1, -0.05) is 41.6 Å². The smallest absolute Gasteiger partial charge is 0.266 e. The average Bonchev–Trinajstić information content (AvgIpc) is 2.70. The van der Waals surface area contributed by atoms with Crippen molar-refractivity contribution >= 4 is 34.3 Å². The Morgan fingerprint density at radius 1 is 0.964 bits per heavy atom. The van der Waals surface area contributed by atoms with Crippen LogP contribution in [0.2, 0.25) is 5.02 Å². The molecule has 1 heterocycles.